The first-order chi connectivity index (χ1) is 28.0. The fourth-order valence-corrected chi connectivity index (χ4v) is 8.69. The third-order valence-corrected chi connectivity index (χ3v) is 12.1. The number of rotatable bonds is 6. The summed E-state index contributed by atoms with van der Waals surface area (Å²) < 4.78 is 19.8. The molecule has 8 nitrogen and oxygen atoms in total. The molecule has 0 spiro atoms. The number of fused-ring (bicyclic) bond motifs is 5. The Morgan fingerprint density at radius 1 is 0.448 bits per heavy atom. The second-order valence-electron chi connectivity index (χ2n) is 16.9. The zero-order valence-electron chi connectivity index (χ0n) is 33.1. The number of aromatic nitrogens is 7. The normalized spacial score (nSPS) is 12.3. The lowest BCUT2D eigenvalue weighted by atomic mass is 9.85. The maximum absolute atomic E-state index is 4.53. The molecule has 0 saturated carbocycles. The van der Waals surface area contributed by atoms with Crippen LogP contribution < -0.4 is 4.90 Å². The highest BCUT2D eigenvalue weighted by Crippen LogP contribution is 2.40. The van der Waals surface area contributed by atoms with E-state index in [4.69, 9.17) is 0 Å². The van der Waals surface area contributed by atoms with Gasteiger partial charge in [-0.1, -0.05) is 77.9 Å². The number of hydrogen-bond donors (Lipinski definition) is 0. The van der Waals surface area contributed by atoms with Crippen LogP contribution in [0.25, 0.3) is 72.1 Å². The van der Waals surface area contributed by atoms with Crippen LogP contribution in [0.15, 0.2) is 134 Å². The van der Waals surface area contributed by atoms with Crippen LogP contribution in [0, 0.1) is 0 Å². The molecule has 5 heterocycles. The van der Waals surface area contributed by atoms with E-state index < -0.39 is 0 Å². The summed E-state index contributed by atoms with van der Waals surface area (Å²) in [6.45, 7) is 13.7. The van der Waals surface area contributed by atoms with Gasteiger partial charge in [-0.2, -0.15) is 17.5 Å². The summed E-state index contributed by atoms with van der Waals surface area (Å²) in [4.78, 5) is 11.4. The molecule has 5 aromatic carbocycles. The Hall–Kier alpha value is -6.36. The van der Waals surface area contributed by atoms with E-state index in [0.29, 0.717) is 11.3 Å². The minimum atomic E-state index is 0.0398. The van der Waals surface area contributed by atoms with Gasteiger partial charge in [0.15, 0.2) is 11.3 Å². The van der Waals surface area contributed by atoms with Crippen LogP contribution in [0.3, 0.4) is 0 Å². The van der Waals surface area contributed by atoms with Crippen molar-refractivity contribution in [3.05, 3.63) is 145 Å². The standard InChI is InChI=1S/C48H40N8S2/c1-47(2,3)33-11-21-43-39(25-33)40-26-34(48(4,5)6)12-22-44(40)56(43)38-19-17-37(18-20-38)55(35-13-7-29(8-14-35)31-23-41-45(49-27-31)53-57-51-41)36-15-9-30(10-16-36)32-24-42-46(50-28-32)54-58-52-42/h7-28H,1-6H3. The molecule has 0 atom stereocenters. The molecular weight excluding hydrogens is 753 g/mol. The van der Waals surface area contributed by atoms with Crippen molar-refractivity contribution >= 4 is 84.7 Å². The molecule has 0 amide bonds. The Labute approximate surface area is 345 Å². The van der Waals surface area contributed by atoms with E-state index in [1.54, 1.807) is 0 Å². The second kappa shape index (κ2) is 13.6. The van der Waals surface area contributed by atoms with Crippen molar-refractivity contribution in [3.63, 3.8) is 0 Å². The van der Waals surface area contributed by atoms with Crippen molar-refractivity contribution in [3.8, 4) is 27.9 Å². The van der Waals surface area contributed by atoms with E-state index in [2.05, 4.69) is 188 Å². The molecular formula is C48H40N8S2. The summed E-state index contributed by atoms with van der Waals surface area (Å²) >= 11 is 2.36. The number of benzene rings is 5. The first kappa shape index (κ1) is 36.0. The molecule has 0 saturated heterocycles. The average Bonchev–Trinajstić information content (AvgIpc) is 3.98. The molecule has 0 bridgehead atoms. The minimum Gasteiger partial charge on any atom is -0.311 e. The van der Waals surface area contributed by atoms with Gasteiger partial charge in [-0.25, -0.2) is 9.97 Å². The van der Waals surface area contributed by atoms with Crippen LogP contribution >= 0.6 is 23.5 Å². The highest BCUT2D eigenvalue weighted by atomic mass is 32.1. The van der Waals surface area contributed by atoms with Crippen LogP contribution in [0.2, 0.25) is 0 Å². The number of anilines is 3. The first-order valence-corrected chi connectivity index (χ1v) is 20.8. The van der Waals surface area contributed by atoms with Crippen molar-refractivity contribution in [1.82, 2.24) is 32.0 Å². The third-order valence-electron chi connectivity index (χ3n) is 11.0. The van der Waals surface area contributed by atoms with Crippen molar-refractivity contribution in [1.29, 1.82) is 0 Å². The lowest BCUT2D eigenvalue weighted by Gasteiger charge is -2.26. The Bertz CT molecular complexity index is 2940. The fraction of sp³-hybridized carbons (Fsp3) is 0.167. The molecule has 0 aliphatic heterocycles. The van der Waals surface area contributed by atoms with Crippen molar-refractivity contribution in [2.24, 2.45) is 0 Å². The van der Waals surface area contributed by atoms with Gasteiger partial charge < -0.3 is 9.47 Å². The number of pyridine rings is 2. The summed E-state index contributed by atoms with van der Waals surface area (Å²) in [5.41, 5.74) is 16.5. The molecule has 10 aromatic rings. The molecule has 0 aliphatic rings. The van der Waals surface area contributed by atoms with E-state index in [9.17, 15) is 0 Å². The zero-order chi connectivity index (χ0) is 39.8. The summed E-state index contributed by atoms with van der Waals surface area (Å²) in [7, 11) is 0. The zero-order valence-corrected chi connectivity index (χ0v) is 34.7. The van der Waals surface area contributed by atoms with Gasteiger partial charge in [-0.15, -0.1) is 0 Å². The van der Waals surface area contributed by atoms with Gasteiger partial charge in [0, 0.05) is 57.0 Å². The maximum atomic E-state index is 4.53. The van der Waals surface area contributed by atoms with Crippen LogP contribution in [0.4, 0.5) is 17.1 Å². The lowest BCUT2D eigenvalue weighted by Crippen LogP contribution is -2.10. The number of hydrogen-bond acceptors (Lipinski definition) is 9. The fourth-order valence-electron chi connectivity index (χ4n) is 7.73. The summed E-state index contributed by atoms with van der Waals surface area (Å²) in [5.74, 6) is 0. The second-order valence-corrected chi connectivity index (χ2v) is 18.0. The summed E-state index contributed by atoms with van der Waals surface area (Å²) in [6.07, 6.45) is 3.73. The van der Waals surface area contributed by atoms with Crippen molar-refractivity contribution in [2.45, 2.75) is 52.4 Å². The van der Waals surface area contributed by atoms with Gasteiger partial charge >= 0.3 is 0 Å². The number of nitrogens with zero attached hydrogens (tertiary/aromatic N) is 8. The van der Waals surface area contributed by atoms with Gasteiger partial charge in [0.05, 0.1) is 34.5 Å². The molecule has 10 rings (SSSR count). The summed E-state index contributed by atoms with van der Waals surface area (Å²) in [5, 5.41) is 2.56. The topological polar surface area (TPSA) is 85.5 Å². The molecule has 5 aromatic heterocycles. The van der Waals surface area contributed by atoms with Gasteiger partial charge in [0.25, 0.3) is 0 Å². The van der Waals surface area contributed by atoms with Gasteiger partial charge in [-0.05, 0) is 118 Å². The molecule has 0 aliphatic carbocycles. The molecule has 0 fully saturated rings. The van der Waals surface area contributed by atoms with Gasteiger partial charge in [-0.3, -0.25) is 0 Å². The molecule has 58 heavy (non-hydrogen) atoms. The minimum absolute atomic E-state index is 0.0398. The van der Waals surface area contributed by atoms with E-state index >= 15 is 0 Å². The Morgan fingerprint density at radius 2 is 0.862 bits per heavy atom. The van der Waals surface area contributed by atoms with E-state index in [1.807, 2.05) is 24.5 Å². The molecule has 0 N–H and O–H groups in total. The largest absolute Gasteiger partial charge is 0.311 e. The predicted octanol–water partition coefficient (Wildman–Crippen LogP) is 13.0. The predicted molar refractivity (Wildman–Crippen MR) is 241 cm³/mol. The highest BCUT2D eigenvalue weighted by molar-refractivity contribution is 7.00. The van der Waals surface area contributed by atoms with Crippen LogP contribution in [0.5, 0.6) is 0 Å². The Balaban J connectivity index is 1.07. The van der Waals surface area contributed by atoms with Gasteiger partial charge in [0.2, 0.25) is 0 Å². The van der Waals surface area contributed by atoms with E-state index in [-0.39, 0.29) is 10.8 Å². The summed E-state index contributed by atoms with van der Waals surface area (Å²) in [6, 6.07) is 44.2. The first-order valence-electron chi connectivity index (χ1n) is 19.4. The van der Waals surface area contributed by atoms with Crippen molar-refractivity contribution in [2.75, 3.05) is 4.90 Å². The van der Waals surface area contributed by atoms with Gasteiger partial charge in [0.1, 0.15) is 11.0 Å². The SMILES string of the molecule is CC(C)(C)c1ccc2c(c1)c1cc(C(C)(C)C)ccc1n2-c1ccc(N(c2ccc(-c3cnc4nsnc4c3)cc2)c2ccc(-c3cnc4nsnc4c3)cc2)cc1. The van der Waals surface area contributed by atoms with Crippen LogP contribution in [-0.2, 0) is 10.8 Å². The Morgan fingerprint density at radius 3 is 1.28 bits per heavy atom. The average molecular weight is 793 g/mol. The highest BCUT2D eigenvalue weighted by Gasteiger charge is 2.22. The molecule has 284 valence electrons. The van der Waals surface area contributed by atoms with E-state index in [1.165, 1.54) is 56.4 Å². The molecule has 0 unspecified atom stereocenters. The lowest BCUT2D eigenvalue weighted by molar-refractivity contribution is 0.590. The third kappa shape index (κ3) is 6.38. The quantitative estimate of drug-likeness (QED) is 0.166. The Kier molecular flexibility index (Phi) is 8.47. The monoisotopic (exact) mass is 792 g/mol. The molecule has 10 heteroatoms. The molecule has 0 radical (unpaired) electrons. The maximum Gasteiger partial charge on any atom is 0.193 e. The van der Waals surface area contributed by atoms with Crippen molar-refractivity contribution < 1.29 is 0 Å². The van der Waals surface area contributed by atoms with Crippen LogP contribution in [-0.4, -0.2) is 32.0 Å². The smallest absolute Gasteiger partial charge is 0.193 e. The van der Waals surface area contributed by atoms with Crippen LogP contribution in [0.1, 0.15) is 52.7 Å². The van der Waals surface area contributed by atoms with E-state index in [0.717, 1.165) is 56.0 Å².